The molecular formula is C16H19N3O2. The number of aromatic nitrogens is 2. The zero-order valence-corrected chi connectivity index (χ0v) is 11.9. The van der Waals surface area contributed by atoms with Gasteiger partial charge in [-0.3, -0.25) is 9.89 Å². The number of fused-ring (bicyclic) bond motifs is 1. The first-order chi connectivity index (χ1) is 10.3. The molecule has 0 unspecified atom stereocenters. The first-order valence-corrected chi connectivity index (χ1v) is 7.29. The summed E-state index contributed by atoms with van der Waals surface area (Å²) in [5.74, 6) is -0.104. The molecule has 1 aliphatic rings. The van der Waals surface area contributed by atoms with Crippen molar-refractivity contribution in [2.45, 2.75) is 25.8 Å². The second-order valence-corrected chi connectivity index (χ2v) is 5.32. The zero-order chi connectivity index (χ0) is 14.7. The number of aliphatic hydroxyl groups excluding tert-OH is 1. The third kappa shape index (κ3) is 2.83. The standard InChI is InChI=1S/C16H19N3O2/c20-10-9-19(11-12-5-2-1-3-6-12)16(21)15-13-7-4-8-14(13)17-18-15/h1-3,5-6,20H,4,7-11H2,(H,17,18). The smallest absolute Gasteiger partial charge is 0.275 e. The Morgan fingerprint density at radius 3 is 2.86 bits per heavy atom. The monoisotopic (exact) mass is 285 g/mol. The van der Waals surface area contributed by atoms with Crippen LogP contribution in [0.5, 0.6) is 0 Å². The number of hydrogen-bond acceptors (Lipinski definition) is 3. The van der Waals surface area contributed by atoms with Gasteiger partial charge in [0.25, 0.3) is 5.91 Å². The molecule has 1 heterocycles. The molecule has 5 nitrogen and oxygen atoms in total. The highest BCUT2D eigenvalue weighted by Crippen LogP contribution is 2.24. The van der Waals surface area contributed by atoms with Crippen LogP contribution in [0.15, 0.2) is 30.3 Å². The van der Waals surface area contributed by atoms with Crippen LogP contribution in [-0.2, 0) is 19.4 Å². The third-order valence-corrected chi connectivity index (χ3v) is 3.88. The van der Waals surface area contributed by atoms with E-state index in [9.17, 15) is 9.90 Å². The summed E-state index contributed by atoms with van der Waals surface area (Å²) in [6, 6.07) is 9.80. The van der Waals surface area contributed by atoms with Crippen LogP contribution in [0.4, 0.5) is 0 Å². The summed E-state index contributed by atoms with van der Waals surface area (Å²) in [5, 5.41) is 16.4. The Bertz CT molecular complexity index is 622. The number of benzene rings is 1. The second kappa shape index (κ2) is 6.10. The Kier molecular flexibility index (Phi) is 4.01. The van der Waals surface area contributed by atoms with Crippen molar-refractivity contribution >= 4 is 5.91 Å². The number of rotatable bonds is 5. The number of nitrogens with zero attached hydrogens (tertiary/aromatic N) is 2. The molecular weight excluding hydrogens is 266 g/mol. The predicted molar refractivity (Wildman–Crippen MR) is 78.9 cm³/mol. The minimum Gasteiger partial charge on any atom is -0.395 e. The maximum absolute atomic E-state index is 12.7. The number of hydrogen-bond donors (Lipinski definition) is 2. The van der Waals surface area contributed by atoms with Crippen molar-refractivity contribution in [2.24, 2.45) is 0 Å². The van der Waals surface area contributed by atoms with Crippen LogP contribution >= 0.6 is 0 Å². The second-order valence-electron chi connectivity index (χ2n) is 5.32. The fourth-order valence-electron chi connectivity index (χ4n) is 2.82. The maximum atomic E-state index is 12.7. The van der Waals surface area contributed by atoms with E-state index in [1.54, 1.807) is 4.90 Å². The number of amides is 1. The highest BCUT2D eigenvalue weighted by atomic mass is 16.3. The van der Waals surface area contributed by atoms with Crippen molar-refractivity contribution in [1.82, 2.24) is 15.1 Å². The van der Waals surface area contributed by atoms with Crippen molar-refractivity contribution < 1.29 is 9.90 Å². The largest absolute Gasteiger partial charge is 0.395 e. The fraction of sp³-hybridized carbons (Fsp3) is 0.375. The van der Waals surface area contributed by atoms with E-state index in [0.717, 1.165) is 36.1 Å². The molecule has 3 rings (SSSR count). The Hall–Kier alpha value is -2.14. The number of aromatic amines is 1. The van der Waals surface area contributed by atoms with Crippen molar-refractivity contribution in [3.05, 3.63) is 52.8 Å². The van der Waals surface area contributed by atoms with Gasteiger partial charge in [0.2, 0.25) is 0 Å². The Labute approximate surface area is 123 Å². The minimum absolute atomic E-state index is 0.0504. The summed E-state index contributed by atoms with van der Waals surface area (Å²) in [6.07, 6.45) is 2.95. The number of nitrogens with one attached hydrogen (secondary N) is 1. The predicted octanol–water partition coefficient (Wildman–Crippen LogP) is 1.53. The Morgan fingerprint density at radius 1 is 1.29 bits per heavy atom. The molecule has 1 aromatic heterocycles. The summed E-state index contributed by atoms with van der Waals surface area (Å²) in [6.45, 7) is 0.752. The number of carbonyl (C=O) groups excluding carboxylic acids is 1. The quantitative estimate of drug-likeness (QED) is 0.875. The average molecular weight is 285 g/mol. The normalized spacial score (nSPS) is 13.2. The van der Waals surface area contributed by atoms with Crippen molar-refractivity contribution in [3.8, 4) is 0 Å². The van der Waals surface area contributed by atoms with E-state index in [2.05, 4.69) is 10.2 Å². The number of carbonyl (C=O) groups is 1. The van der Waals surface area contributed by atoms with Gasteiger partial charge in [-0.05, 0) is 24.8 Å². The molecule has 0 bridgehead atoms. The Morgan fingerprint density at radius 2 is 2.10 bits per heavy atom. The first kappa shape index (κ1) is 13.8. The number of aliphatic hydroxyl groups is 1. The van der Waals surface area contributed by atoms with E-state index in [0.29, 0.717) is 18.8 Å². The van der Waals surface area contributed by atoms with Gasteiger partial charge in [-0.15, -0.1) is 0 Å². The molecule has 0 saturated heterocycles. The summed E-state index contributed by atoms with van der Waals surface area (Å²) < 4.78 is 0. The summed E-state index contributed by atoms with van der Waals surface area (Å²) >= 11 is 0. The Balaban J connectivity index is 1.81. The zero-order valence-electron chi connectivity index (χ0n) is 11.9. The van der Waals surface area contributed by atoms with Crippen molar-refractivity contribution in [3.63, 3.8) is 0 Å². The fourth-order valence-corrected chi connectivity index (χ4v) is 2.82. The molecule has 1 amide bonds. The van der Waals surface area contributed by atoms with Gasteiger partial charge in [0.15, 0.2) is 5.69 Å². The van der Waals surface area contributed by atoms with Crippen LogP contribution in [0, 0.1) is 0 Å². The van der Waals surface area contributed by atoms with Crippen LogP contribution in [0.25, 0.3) is 0 Å². The average Bonchev–Trinajstić information content (AvgIpc) is 3.10. The van der Waals surface area contributed by atoms with Gasteiger partial charge < -0.3 is 10.0 Å². The number of H-pyrrole nitrogens is 1. The molecule has 0 fully saturated rings. The van der Waals surface area contributed by atoms with Gasteiger partial charge in [-0.25, -0.2) is 0 Å². The number of aryl methyl sites for hydroxylation is 1. The van der Waals surface area contributed by atoms with Gasteiger partial charge in [-0.1, -0.05) is 30.3 Å². The van der Waals surface area contributed by atoms with E-state index < -0.39 is 0 Å². The molecule has 110 valence electrons. The van der Waals surface area contributed by atoms with Gasteiger partial charge in [0, 0.05) is 24.3 Å². The van der Waals surface area contributed by atoms with Crippen molar-refractivity contribution in [2.75, 3.05) is 13.2 Å². The molecule has 2 aromatic rings. The molecule has 2 N–H and O–H groups in total. The van der Waals surface area contributed by atoms with Crippen LogP contribution in [0.3, 0.4) is 0 Å². The van der Waals surface area contributed by atoms with Crippen LogP contribution in [0.1, 0.15) is 33.7 Å². The van der Waals surface area contributed by atoms with E-state index >= 15 is 0 Å². The van der Waals surface area contributed by atoms with Crippen LogP contribution in [0.2, 0.25) is 0 Å². The lowest BCUT2D eigenvalue weighted by Gasteiger charge is -2.21. The highest BCUT2D eigenvalue weighted by molar-refractivity contribution is 5.94. The van der Waals surface area contributed by atoms with Gasteiger partial charge in [-0.2, -0.15) is 5.10 Å². The molecule has 0 aliphatic heterocycles. The molecule has 0 atom stereocenters. The van der Waals surface area contributed by atoms with Gasteiger partial charge >= 0.3 is 0 Å². The summed E-state index contributed by atoms with van der Waals surface area (Å²) in [7, 11) is 0. The van der Waals surface area contributed by atoms with Crippen LogP contribution in [-0.4, -0.2) is 39.3 Å². The van der Waals surface area contributed by atoms with Gasteiger partial charge in [0.05, 0.1) is 6.61 Å². The van der Waals surface area contributed by atoms with E-state index in [4.69, 9.17) is 0 Å². The van der Waals surface area contributed by atoms with Gasteiger partial charge in [0.1, 0.15) is 0 Å². The molecule has 21 heavy (non-hydrogen) atoms. The summed E-state index contributed by atoms with van der Waals surface area (Å²) in [4.78, 5) is 14.3. The van der Waals surface area contributed by atoms with E-state index in [1.807, 2.05) is 30.3 Å². The lowest BCUT2D eigenvalue weighted by Crippen LogP contribution is -2.33. The SMILES string of the molecule is O=C(c1n[nH]c2c1CCC2)N(CCO)Cc1ccccc1. The lowest BCUT2D eigenvalue weighted by atomic mass is 10.1. The molecule has 1 aliphatic carbocycles. The molecule has 0 spiro atoms. The van der Waals surface area contributed by atoms with E-state index in [-0.39, 0.29) is 12.5 Å². The maximum Gasteiger partial charge on any atom is 0.275 e. The minimum atomic E-state index is -0.104. The molecule has 5 heteroatoms. The van der Waals surface area contributed by atoms with E-state index in [1.165, 1.54) is 0 Å². The highest BCUT2D eigenvalue weighted by Gasteiger charge is 2.26. The molecule has 0 saturated carbocycles. The lowest BCUT2D eigenvalue weighted by molar-refractivity contribution is 0.0701. The van der Waals surface area contributed by atoms with Crippen LogP contribution < -0.4 is 0 Å². The molecule has 0 radical (unpaired) electrons. The van der Waals surface area contributed by atoms with Crippen molar-refractivity contribution in [1.29, 1.82) is 0 Å². The summed E-state index contributed by atoms with van der Waals surface area (Å²) in [5.41, 5.74) is 3.70. The third-order valence-electron chi connectivity index (χ3n) is 3.88. The topological polar surface area (TPSA) is 69.2 Å². The first-order valence-electron chi connectivity index (χ1n) is 7.29. The molecule has 1 aromatic carbocycles.